The van der Waals surface area contributed by atoms with Crippen LogP contribution in [0.3, 0.4) is 0 Å². The summed E-state index contributed by atoms with van der Waals surface area (Å²) >= 11 is 0. The maximum absolute atomic E-state index is 11.8. The highest BCUT2D eigenvalue weighted by molar-refractivity contribution is 5.75. The van der Waals surface area contributed by atoms with E-state index in [1.807, 2.05) is 13.8 Å². The molecule has 1 unspecified atom stereocenters. The Morgan fingerprint density at radius 3 is 2.55 bits per heavy atom. The molecule has 0 aliphatic carbocycles. The van der Waals surface area contributed by atoms with Crippen molar-refractivity contribution in [2.24, 2.45) is 0 Å². The Morgan fingerprint density at radius 2 is 1.95 bits per heavy atom. The Bertz CT molecular complexity index is 430. The zero-order valence-electron chi connectivity index (χ0n) is 12.2. The molecular formula is C15H22O5. The molecule has 0 saturated heterocycles. The van der Waals surface area contributed by atoms with E-state index in [2.05, 4.69) is 0 Å². The number of aromatic hydroxyl groups is 1. The first-order valence-corrected chi connectivity index (χ1v) is 6.85. The molecule has 0 heterocycles. The average molecular weight is 282 g/mol. The Hall–Kier alpha value is -1.75. The molecule has 20 heavy (non-hydrogen) atoms. The fraction of sp³-hybridized carbons (Fsp3) is 0.533. The van der Waals surface area contributed by atoms with Crippen LogP contribution in [-0.2, 0) is 20.7 Å². The number of benzene rings is 1. The molecule has 1 atom stereocenters. The number of carbonyl (C=O) groups excluding carboxylic acids is 1. The van der Waals surface area contributed by atoms with Gasteiger partial charge in [0, 0.05) is 19.1 Å². The first-order valence-electron chi connectivity index (χ1n) is 6.85. The van der Waals surface area contributed by atoms with Gasteiger partial charge in [-0.3, -0.25) is 0 Å². The molecule has 1 aromatic rings. The van der Waals surface area contributed by atoms with Gasteiger partial charge in [-0.1, -0.05) is 6.07 Å². The van der Waals surface area contributed by atoms with E-state index in [-0.39, 0.29) is 11.7 Å². The van der Waals surface area contributed by atoms with Crippen molar-refractivity contribution in [3.8, 4) is 11.5 Å². The summed E-state index contributed by atoms with van der Waals surface area (Å²) in [7, 11) is 0. The lowest BCUT2D eigenvalue weighted by molar-refractivity contribution is -0.156. The predicted octanol–water partition coefficient (Wildman–Crippen LogP) is 2.30. The minimum Gasteiger partial charge on any atom is -0.508 e. The molecule has 0 radical (unpaired) electrons. The van der Waals surface area contributed by atoms with Crippen LogP contribution in [0.2, 0.25) is 0 Å². The van der Waals surface area contributed by atoms with Gasteiger partial charge in [-0.05, 0) is 32.4 Å². The van der Waals surface area contributed by atoms with E-state index in [9.17, 15) is 9.90 Å². The highest BCUT2D eigenvalue weighted by atomic mass is 16.6. The zero-order valence-corrected chi connectivity index (χ0v) is 12.2. The molecule has 0 aliphatic heterocycles. The fourth-order valence-electron chi connectivity index (χ4n) is 1.85. The number of phenolic OH excluding ortho intramolecular Hbond substituents is 1. The van der Waals surface area contributed by atoms with Gasteiger partial charge in [0.25, 0.3) is 0 Å². The molecule has 0 aliphatic rings. The average Bonchev–Trinajstić information content (AvgIpc) is 2.41. The van der Waals surface area contributed by atoms with Crippen molar-refractivity contribution in [2.75, 3.05) is 19.8 Å². The summed E-state index contributed by atoms with van der Waals surface area (Å²) in [5.74, 6) is 0.299. The molecule has 0 saturated carbocycles. The van der Waals surface area contributed by atoms with E-state index in [0.717, 1.165) is 5.56 Å². The van der Waals surface area contributed by atoms with Gasteiger partial charge in [-0.25, -0.2) is 4.79 Å². The summed E-state index contributed by atoms with van der Waals surface area (Å²) < 4.78 is 15.9. The number of hydrogen-bond donors (Lipinski definition) is 1. The van der Waals surface area contributed by atoms with Crippen molar-refractivity contribution in [1.29, 1.82) is 0 Å². The van der Waals surface area contributed by atoms with Gasteiger partial charge >= 0.3 is 5.97 Å². The van der Waals surface area contributed by atoms with Crippen molar-refractivity contribution >= 4 is 5.97 Å². The Labute approximate surface area is 119 Å². The Kier molecular flexibility index (Phi) is 6.87. The quantitative estimate of drug-likeness (QED) is 0.741. The van der Waals surface area contributed by atoms with E-state index < -0.39 is 6.10 Å². The van der Waals surface area contributed by atoms with Gasteiger partial charge in [0.05, 0.1) is 13.2 Å². The molecule has 0 amide bonds. The van der Waals surface area contributed by atoms with Crippen LogP contribution >= 0.6 is 0 Å². The maximum Gasteiger partial charge on any atom is 0.335 e. The number of hydrogen-bond acceptors (Lipinski definition) is 5. The molecule has 0 aromatic heterocycles. The number of ether oxygens (including phenoxy) is 3. The minimum absolute atomic E-state index is 0.126. The second-order valence-corrected chi connectivity index (χ2v) is 4.13. The fourth-order valence-corrected chi connectivity index (χ4v) is 1.85. The van der Waals surface area contributed by atoms with Crippen LogP contribution in [0.15, 0.2) is 18.2 Å². The molecule has 0 fully saturated rings. The third kappa shape index (κ3) is 4.74. The molecule has 5 nitrogen and oxygen atoms in total. The third-order valence-corrected chi connectivity index (χ3v) is 2.67. The van der Waals surface area contributed by atoms with Crippen molar-refractivity contribution in [1.82, 2.24) is 0 Å². The number of carbonyl (C=O) groups is 1. The van der Waals surface area contributed by atoms with E-state index in [1.54, 1.807) is 19.1 Å². The highest BCUT2D eigenvalue weighted by Gasteiger charge is 2.22. The first-order chi connectivity index (χ1) is 9.62. The lowest BCUT2D eigenvalue weighted by atomic mass is 10.1. The molecule has 0 spiro atoms. The Morgan fingerprint density at radius 1 is 1.20 bits per heavy atom. The molecule has 112 valence electrons. The number of esters is 1. The van der Waals surface area contributed by atoms with Crippen LogP contribution in [0.5, 0.6) is 11.5 Å². The molecular weight excluding hydrogens is 260 g/mol. The molecule has 1 aromatic carbocycles. The second-order valence-electron chi connectivity index (χ2n) is 4.13. The monoisotopic (exact) mass is 282 g/mol. The van der Waals surface area contributed by atoms with Crippen LogP contribution in [0.1, 0.15) is 26.3 Å². The van der Waals surface area contributed by atoms with Gasteiger partial charge in [-0.15, -0.1) is 0 Å². The summed E-state index contributed by atoms with van der Waals surface area (Å²) in [4.78, 5) is 11.8. The molecule has 0 bridgehead atoms. The second kappa shape index (κ2) is 8.43. The van der Waals surface area contributed by atoms with Gasteiger partial charge in [-0.2, -0.15) is 0 Å². The Balaban J connectivity index is 2.89. The summed E-state index contributed by atoms with van der Waals surface area (Å²) in [6, 6.07) is 4.82. The SMILES string of the molecule is CCOC(=O)C(Cc1ccc(O)cc1OCC)OCC. The molecule has 1 N–H and O–H groups in total. The lowest BCUT2D eigenvalue weighted by Gasteiger charge is -2.17. The van der Waals surface area contributed by atoms with Crippen LogP contribution in [0.25, 0.3) is 0 Å². The number of rotatable bonds is 8. The van der Waals surface area contributed by atoms with Crippen molar-refractivity contribution in [3.05, 3.63) is 23.8 Å². The van der Waals surface area contributed by atoms with E-state index >= 15 is 0 Å². The van der Waals surface area contributed by atoms with Crippen molar-refractivity contribution < 1.29 is 24.1 Å². The van der Waals surface area contributed by atoms with Crippen LogP contribution in [-0.4, -0.2) is 37.0 Å². The third-order valence-electron chi connectivity index (χ3n) is 2.67. The number of phenols is 1. The normalized spacial score (nSPS) is 11.9. The maximum atomic E-state index is 11.8. The van der Waals surface area contributed by atoms with E-state index in [4.69, 9.17) is 14.2 Å². The van der Waals surface area contributed by atoms with Crippen LogP contribution in [0, 0.1) is 0 Å². The van der Waals surface area contributed by atoms with Gasteiger partial charge < -0.3 is 19.3 Å². The van der Waals surface area contributed by atoms with Crippen molar-refractivity contribution in [2.45, 2.75) is 33.3 Å². The van der Waals surface area contributed by atoms with E-state index in [1.165, 1.54) is 6.07 Å². The lowest BCUT2D eigenvalue weighted by Crippen LogP contribution is -2.29. The molecule has 5 heteroatoms. The summed E-state index contributed by atoms with van der Waals surface area (Å²) in [5.41, 5.74) is 0.802. The zero-order chi connectivity index (χ0) is 15.0. The van der Waals surface area contributed by atoms with Crippen LogP contribution in [0.4, 0.5) is 0 Å². The highest BCUT2D eigenvalue weighted by Crippen LogP contribution is 2.26. The first kappa shape index (κ1) is 16.3. The largest absolute Gasteiger partial charge is 0.508 e. The summed E-state index contributed by atoms with van der Waals surface area (Å²) in [6.07, 6.45) is -0.314. The minimum atomic E-state index is -0.663. The van der Waals surface area contributed by atoms with Gasteiger partial charge in [0.2, 0.25) is 0 Å². The predicted molar refractivity (Wildman–Crippen MR) is 75.0 cm³/mol. The van der Waals surface area contributed by atoms with Gasteiger partial charge in [0.1, 0.15) is 11.5 Å². The van der Waals surface area contributed by atoms with Crippen LogP contribution < -0.4 is 4.74 Å². The van der Waals surface area contributed by atoms with E-state index in [0.29, 0.717) is 32.0 Å². The van der Waals surface area contributed by atoms with Gasteiger partial charge in [0.15, 0.2) is 6.10 Å². The molecule has 1 rings (SSSR count). The summed E-state index contributed by atoms with van der Waals surface area (Å²) in [6.45, 7) is 6.66. The topological polar surface area (TPSA) is 65.0 Å². The summed E-state index contributed by atoms with van der Waals surface area (Å²) in [5, 5.41) is 9.49. The van der Waals surface area contributed by atoms with Crippen molar-refractivity contribution in [3.63, 3.8) is 0 Å². The smallest absolute Gasteiger partial charge is 0.335 e. The standard InChI is InChI=1S/C15H22O5/c1-4-18-13-10-12(16)8-7-11(13)9-14(19-5-2)15(17)20-6-3/h7-8,10,14,16H,4-6,9H2,1-3H3.